The fourth-order valence-electron chi connectivity index (χ4n) is 4.11. The van der Waals surface area contributed by atoms with E-state index in [9.17, 15) is 18.0 Å². The molecule has 1 atom stereocenters. The molecule has 0 heterocycles. The number of sulfonamides is 1. The van der Waals surface area contributed by atoms with E-state index in [2.05, 4.69) is 5.32 Å². The van der Waals surface area contributed by atoms with Crippen molar-refractivity contribution >= 4 is 39.1 Å². The molecule has 0 fully saturated rings. The second kappa shape index (κ2) is 13.9. The monoisotopic (exact) mass is 599 g/mol. The molecule has 0 radical (unpaired) electrons. The predicted octanol–water partition coefficient (Wildman–Crippen LogP) is 5.35. The lowest BCUT2D eigenvalue weighted by atomic mass is 10.1. The molecule has 0 saturated heterocycles. The first-order valence-corrected chi connectivity index (χ1v) is 15.2. The van der Waals surface area contributed by atoms with Crippen molar-refractivity contribution in [3.8, 4) is 5.75 Å². The van der Waals surface area contributed by atoms with Crippen LogP contribution in [0.25, 0.3) is 0 Å². The van der Waals surface area contributed by atoms with Crippen LogP contribution in [0.5, 0.6) is 5.75 Å². The molecule has 0 aliphatic heterocycles. The molecule has 3 rings (SSSR count). The van der Waals surface area contributed by atoms with Gasteiger partial charge in [-0.2, -0.15) is 0 Å². The molecule has 2 amide bonds. The van der Waals surface area contributed by atoms with Crippen molar-refractivity contribution in [2.24, 2.45) is 5.92 Å². The quantitative estimate of drug-likeness (QED) is 0.303. The SMILES string of the molecule is COc1ccc(CN(C(=O)CN(c2ccc(C)c(C)c2)S(=O)(=O)c2ccc(Cl)cc2)[C@H](C)C(=O)NCC(C)C)cc1. The predicted molar refractivity (Wildman–Crippen MR) is 163 cm³/mol. The standard InChI is InChI=1S/C31H38ClN3O5S/c1-21(2)18-33-31(37)24(5)34(19-25-8-13-28(40-6)14-9-25)30(36)20-35(27-12-7-22(3)23(4)17-27)41(38,39)29-15-10-26(32)11-16-29/h7-17,21,24H,18-20H2,1-6H3,(H,33,37)/t24-/m1/s1. The van der Waals surface area contributed by atoms with E-state index in [-0.39, 0.29) is 23.3 Å². The molecule has 41 heavy (non-hydrogen) atoms. The Balaban J connectivity index is 2.03. The van der Waals surface area contributed by atoms with Crippen molar-refractivity contribution < 1.29 is 22.7 Å². The summed E-state index contributed by atoms with van der Waals surface area (Å²) in [5.41, 5.74) is 2.97. The summed E-state index contributed by atoms with van der Waals surface area (Å²) in [6, 6.07) is 17.3. The Morgan fingerprint density at radius 2 is 1.56 bits per heavy atom. The molecule has 0 spiro atoms. The smallest absolute Gasteiger partial charge is 0.264 e. The number of aryl methyl sites for hydroxylation is 2. The van der Waals surface area contributed by atoms with Gasteiger partial charge in [0.15, 0.2) is 0 Å². The second-order valence-electron chi connectivity index (χ2n) is 10.4. The van der Waals surface area contributed by atoms with E-state index in [4.69, 9.17) is 16.3 Å². The number of nitrogens with one attached hydrogen (secondary N) is 1. The van der Waals surface area contributed by atoms with Gasteiger partial charge in [-0.1, -0.05) is 43.6 Å². The first-order valence-electron chi connectivity index (χ1n) is 13.4. The summed E-state index contributed by atoms with van der Waals surface area (Å²) < 4.78 is 34.2. The number of benzene rings is 3. The molecular formula is C31H38ClN3O5S. The molecule has 1 N–H and O–H groups in total. The number of nitrogens with zero attached hydrogens (tertiary/aromatic N) is 2. The van der Waals surface area contributed by atoms with Crippen LogP contribution < -0.4 is 14.4 Å². The van der Waals surface area contributed by atoms with E-state index in [0.29, 0.717) is 23.0 Å². The van der Waals surface area contributed by atoms with Crippen molar-refractivity contribution in [2.45, 2.75) is 52.1 Å². The van der Waals surface area contributed by atoms with E-state index in [1.807, 2.05) is 45.9 Å². The number of rotatable bonds is 12. The third-order valence-corrected chi connectivity index (χ3v) is 8.86. The van der Waals surface area contributed by atoms with E-state index in [1.165, 1.54) is 29.2 Å². The van der Waals surface area contributed by atoms with Gasteiger partial charge in [-0.25, -0.2) is 8.42 Å². The summed E-state index contributed by atoms with van der Waals surface area (Å²) in [5.74, 6) is 0.0358. The van der Waals surface area contributed by atoms with Crippen molar-refractivity contribution in [3.05, 3.63) is 88.4 Å². The minimum atomic E-state index is -4.17. The Hall–Kier alpha value is -3.56. The van der Waals surface area contributed by atoms with Crippen LogP contribution in [0.2, 0.25) is 5.02 Å². The Kier molecular flexibility index (Phi) is 10.8. The van der Waals surface area contributed by atoms with Gasteiger partial charge in [-0.05, 0) is 91.9 Å². The zero-order valence-corrected chi connectivity index (χ0v) is 25.9. The summed E-state index contributed by atoms with van der Waals surface area (Å²) in [4.78, 5) is 28.5. The number of amides is 2. The average molecular weight is 600 g/mol. The lowest BCUT2D eigenvalue weighted by Gasteiger charge is -2.32. The Labute approximate surface area is 248 Å². The number of hydrogen-bond acceptors (Lipinski definition) is 5. The summed E-state index contributed by atoms with van der Waals surface area (Å²) in [5, 5.41) is 3.28. The highest BCUT2D eigenvalue weighted by Crippen LogP contribution is 2.27. The van der Waals surface area contributed by atoms with Crippen molar-refractivity contribution in [2.75, 3.05) is 24.5 Å². The number of anilines is 1. The third-order valence-electron chi connectivity index (χ3n) is 6.82. The van der Waals surface area contributed by atoms with Crippen LogP contribution in [0.15, 0.2) is 71.6 Å². The molecule has 0 aliphatic rings. The Morgan fingerprint density at radius 3 is 2.12 bits per heavy atom. The molecule has 0 aromatic heterocycles. The highest BCUT2D eigenvalue weighted by atomic mass is 35.5. The Morgan fingerprint density at radius 1 is 0.927 bits per heavy atom. The van der Waals surface area contributed by atoms with Gasteiger partial charge in [0.2, 0.25) is 11.8 Å². The van der Waals surface area contributed by atoms with Crippen LogP contribution in [-0.4, -0.2) is 51.4 Å². The highest BCUT2D eigenvalue weighted by molar-refractivity contribution is 7.92. The number of hydrogen-bond donors (Lipinski definition) is 1. The molecule has 0 saturated carbocycles. The first-order chi connectivity index (χ1) is 19.3. The van der Waals surface area contributed by atoms with Crippen LogP contribution >= 0.6 is 11.6 Å². The van der Waals surface area contributed by atoms with Gasteiger partial charge >= 0.3 is 0 Å². The summed E-state index contributed by atoms with van der Waals surface area (Å²) in [7, 11) is -2.60. The van der Waals surface area contributed by atoms with Crippen molar-refractivity contribution in [1.29, 1.82) is 0 Å². The van der Waals surface area contributed by atoms with Gasteiger partial charge in [0.05, 0.1) is 17.7 Å². The summed E-state index contributed by atoms with van der Waals surface area (Å²) in [6.45, 7) is 9.45. The van der Waals surface area contributed by atoms with Crippen molar-refractivity contribution in [3.63, 3.8) is 0 Å². The van der Waals surface area contributed by atoms with E-state index >= 15 is 0 Å². The van der Waals surface area contributed by atoms with Crippen LogP contribution in [0.1, 0.15) is 37.5 Å². The van der Waals surface area contributed by atoms with Crippen molar-refractivity contribution in [1.82, 2.24) is 10.2 Å². The highest BCUT2D eigenvalue weighted by Gasteiger charge is 2.32. The molecule has 10 heteroatoms. The lowest BCUT2D eigenvalue weighted by Crippen LogP contribution is -2.51. The van der Waals surface area contributed by atoms with E-state index in [0.717, 1.165) is 21.0 Å². The van der Waals surface area contributed by atoms with Gasteiger partial charge in [-0.3, -0.25) is 13.9 Å². The number of carbonyl (C=O) groups excluding carboxylic acids is 2. The molecule has 0 aliphatic carbocycles. The van der Waals surface area contributed by atoms with Crippen LogP contribution in [0.3, 0.4) is 0 Å². The van der Waals surface area contributed by atoms with E-state index < -0.39 is 28.5 Å². The fraction of sp³-hybridized carbons (Fsp3) is 0.355. The lowest BCUT2D eigenvalue weighted by molar-refractivity contribution is -0.139. The minimum Gasteiger partial charge on any atom is -0.497 e. The maximum Gasteiger partial charge on any atom is 0.264 e. The third kappa shape index (κ3) is 8.24. The number of carbonyl (C=O) groups is 2. The number of ether oxygens (including phenoxy) is 1. The largest absolute Gasteiger partial charge is 0.497 e. The normalized spacial score (nSPS) is 12.1. The van der Waals surface area contributed by atoms with Crippen LogP contribution in [0, 0.1) is 19.8 Å². The molecule has 3 aromatic rings. The summed E-state index contributed by atoms with van der Waals surface area (Å²) in [6.07, 6.45) is 0. The molecule has 8 nitrogen and oxygen atoms in total. The second-order valence-corrected chi connectivity index (χ2v) is 12.7. The molecular weight excluding hydrogens is 562 g/mol. The fourth-order valence-corrected chi connectivity index (χ4v) is 5.64. The molecule has 220 valence electrons. The zero-order chi connectivity index (χ0) is 30.3. The zero-order valence-electron chi connectivity index (χ0n) is 24.3. The maximum atomic E-state index is 14.0. The molecule has 0 bridgehead atoms. The Bertz CT molecular complexity index is 1460. The van der Waals surface area contributed by atoms with E-state index in [1.54, 1.807) is 38.3 Å². The molecule has 3 aromatic carbocycles. The van der Waals surface area contributed by atoms with Gasteiger partial charge in [0, 0.05) is 18.1 Å². The van der Waals surface area contributed by atoms with Crippen LogP contribution in [-0.2, 0) is 26.2 Å². The average Bonchev–Trinajstić information content (AvgIpc) is 2.94. The van der Waals surface area contributed by atoms with Crippen LogP contribution in [0.4, 0.5) is 5.69 Å². The summed E-state index contributed by atoms with van der Waals surface area (Å²) >= 11 is 6.01. The topological polar surface area (TPSA) is 96.0 Å². The first kappa shape index (κ1) is 32.0. The minimum absolute atomic E-state index is 0.00245. The number of halogens is 1. The molecule has 0 unspecified atom stereocenters. The maximum absolute atomic E-state index is 14.0. The van der Waals surface area contributed by atoms with Gasteiger partial charge in [0.1, 0.15) is 18.3 Å². The van der Waals surface area contributed by atoms with Gasteiger partial charge in [0.25, 0.3) is 10.0 Å². The van der Waals surface area contributed by atoms with Gasteiger partial charge < -0.3 is 15.0 Å². The van der Waals surface area contributed by atoms with Gasteiger partial charge in [-0.15, -0.1) is 0 Å². The number of methoxy groups -OCH3 is 1.